The molecule has 0 aromatic heterocycles. The van der Waals surface area contributed by atoms with Crippen molar-refractivity contribution in [1.29, 1.82) is 0 Å². The van der Waals surface area contributed by atoms with Crippen molar-refractivity contribution >= 4 is 40.1 Å². The minimum Gasteiger partial charge on any atom is -0.207 e. The molecule has 16 heteroatoms. The average Bonchev–Trinajstić information content (AvgIpc) is 3.01. The third-order valence-corrected chi connectivity index (χ3v) is 12.3. The third kappa shape index (κ3) is 7.59. The second-order valence-electron chi connectivity index (χ2n) is 9.89. The van der Waals surface area contributed by atoms with E-state index in [9.17, 15) is 33.7 Å². The summed E-state index contributed by atoms with van der Waals surface area (Å²) in [4.78, 5) is -1.02. The van der Waals surface area contributed by atoms with Gasteiger partial charge in [0.15, 0.2) is 0 Å². The first-order valence-corrected chi connectivity index (χ1v) is 19.0. The molecule has 0 radical (unpaired) electrons. The smallest absolute Gasteiger partial charge is 0.207 e. The Hall–Kier alpha value is -3.48. The molecule has 0 unspecified atom stereocenters. The summed E-state index contributed by atoms with van der Waals surface area (Å²) in [6, 6.07) is 22.9. The molecule has 1 aliphatic heterocycles. The SMILES string of the molecule is O=S1(=O)NCc2cccc(c2)CNS(=O)(=O)c2cccc(c2)S(=O)(=O)NCc2cccc(c2)CNS(=O)(=O)c2cccc1c2. The summed E-state index contributed by atoms with van der Waals surface area (Å²) in [5, 5.41) is 0. The number of fused-ring (bicyclic) bond motifs is 8. The van der Waals surface area contributed by atoms with Crippen molar-refractivity contribution in [2.45, 2.75) is 45.8 Å². The van der Waals surface area contributed by atoms with Crippen LogP contribution in [0, 0.1) is 0 Å². The van der Waals surface area contributed by atoms with Crippen molar-refractivity contribution in [1.82, 2.24) is 18.9 Å². The average molecular weight is 677 g/mol. The van der Waals surface area contributed by atoms with Crippen LogP contribution >= 0.6 is 0 Å². The van der Waals surface area contributed by atoms with Gasteiger partial charge in [-0.15, -0.1) is 0 Å². The van der Waals surface area contributed by atoms with Crippen LogP contribution < -0.4 is 18.9 Å². The lowest BCUT2D eigenvalue weighted by Gasteiger charge is -2.13. The second-order valence-corrected chi connectivity index (χ2v) is 17.0. The minimum absolute atomic E-state index is 0.151. The van der Waals surface area contributed by atoms with Crippen molar-refractivity contribution in [3.63, 3.8) is 0 Å². The van der Waals surface area contributed by atoms with E-state index in [1.54, 1.807) is 48.5 Å². The fourth-order valence-corrected chi connectivity index (χ4v) is 8.76. The highest BCUT2D eigenvalue weighted by molar-refractivity contribution is 7.90. The van der Waals surface area contributed by atoms with Gasteiger partial charge in [0.25, 0.3) is 0 Å². The molecule has 0 saturated carbocycles. The number of rotatable bonds is 0. The van der Waals surface area contributed by atoms with Crippen molar-refractivity contribution < 1.29 is 33.7 Å². The molecule has 4 N–H and O–H groups in total. The van der Waals surface area contributed by atoms with Gasteiger partial charge in [0.1, 0.15) is 0 Å². The van der Waals surface area contributed by atoms with Crippen LogP contribution in [0.5, 0.6) is 0 Å². The Morgan fingerprint density at radius 2 is 0.568 bits per heavy atom. The molecular formula is C28H28N4O8S4. The zero-order chi connectivity index (χ0) is 31.6. The maximum Gasteiger partial charge on any atom is 0.240 e. The van der Waals surface area contributed by atoms with E-state index < -0.39 is 40.1 Å². The Labute approximate surface area is 256 Å². The standard InChI is InChI=1S/C28H28N4O8S4/c33-41(34)25-9-3-11-27(15-25)43(37,38)31-19-23-7-2-8-24(14-23)20-32-44(39,40)28-12-4-10-26(16-28)42(35,36)30-18-22-6-1-5-21(13-22)17-29-41/h1-16,29-32H,17-20H2. The highest BCUT2D eigenvalue weighted by Gasteiger charge is 2.22. The molecule has 4 aromatic rings. The maximum atomic E-state index is 13.0. The first-order valence-electron chi connectivity index (χ1n) is 13.1. The molecule has 0 saturated heterocycles. The third-order valence-electron chi connectivity index (χ3n) is 6.70. The summed E-state index contributed by atoms with van der Waals surface area (Å²) < 4.78 is 114. The van der Waals surface area contributed by atoms with Gasteiger partial charge in [-0.2, -0.15) is 0 Å². The molecule has 1 aliphatic rings. The first kappa shape index (κ1) is 31.9. The van der Waals surface area contributed by atoms with Crippen LogP contribution in [0.15, 0.2) is 117 Å². The summed E-state index contributed by atoms with van der Waals surface area (Å²) in [7, 11) is -16.5. The summed E-state index contributed by atoms with van der Waals surface area (Å²) in [5.41, 5.74) is 2.08. The molecule has 1 heterocycles. The van der Waals surface area contributed by atoms with Crippen LogP contribution in [0.4, 0.5) is 0 Å². The van der Waals surface area contributed by atoms with Gasteiger partial charge in [0.2, 0.25) is 40.1 Å². The Morgan fingerprint density at radius 1 is 0.341 bits per heavy atom. The van der Waals surface area contributed by atoms with Crippen molar-refractivity contribution in [3.8, 4) is 0 Å². The second kappa shape index (κ2) is 12.5. The quantitative estimate of drug-likeness (QED) is 0.218. The van der Waals surface area contributed by atoms with Crippen LogP contribution in [0.3, 0.4) is 0 Å². The normalized spacial score (nSPS) is 19.6. The molecule has 0 fully saturated rings. The number of hydrogen-bond donors (Lipinski definition) is 4. The van der Waals surface area contributed by atoms with Gasteiger partial charge in [0, 0.05) is 26.2 Å². The van der Waals surface area contributed by atoms with E-state index in [2.05, 4.69) is 18.9 Å². The Morgan fingerprint density at radius 3 is 0.818 bits per heavy atom. The molecule has 44 heavy (non-hydrogen) atoms. The Balaban J connectivity index is 1.51. The van der Waals surface area contributed by atoms with E-state index in [0.717, 1.165) is 12.1 Å². The van der Waals surface area contributed by atoms with Crippen molar-refractivity contribution in [2.24, 2.45) is 0 Å². The highest BCUT2D eigenvalue weighted by atomic mass is 32.2. The lowest BCUT2D eigenvalue weighted by atomic mass is 10.1. The Bertz CT molecular complexity index is 1860. The number of hydrogen-bond acceptors (Lipinski definition) is 8. The van der Waals surface area contributed by atoms with E-state index in [1.165, 1.54) is 36.4 Å². The van der Waals surface area contributed by atoms with E-state index in [1.807, 2.05) is 0 Å². The fourth-order valence-electron chi connectivity index (χ4n) is 4.36. The van der Waals surface area contributed by atoms with Crippen molar-refractivity contribution in [3.05, 3.63) is 119 Å². The topological polar surface area (TPSA) is 185 Å². The van der Waals surface area contributed by atoms with Crippen LogP contribution in [-0.4, -0.2) is 33.7 Å². The molecular weight excluding hydrogens is 649 g/mol. The minimum atomic E-state index is -4.12. The molecule has 8 bridgehead atoms. The lowest BCUT2D eigenvalue weighted by Crippen LogP contribution is -2.26. The zero-order valence-corrected chi connectivity index (χ0v) is 26.2. The Kier molecular flexibility index (Phi) is 9.06. The highest BCUT2D eigenvalue weighted by Crippen LogP contribution is 2.19. The molecule has 0 atom stereocenters. The monoisotopic (exact) mass is 676 g/mol. The van der Waals surface area contributed by atoms with Gasteiger partial charge in [-0.05, 0) is 58.7 Å². The van der Waals surface area contributed by atoms with Crippen LogP contribution in [0.25, 0.3) is 0 Å². The number of benzene rings is 4. The predicted molar refractivity (Wildman–Crippen MR) is 162 cm³/mol. The maximum absolute atomic E-state index is 13.0. The van der Waals surface area contributed by atoms with E-state index in [4.69, 9.17) is 0 Å². The molecule has 12 nitrogen and oxygen atoms in total. The summed E-state index contributed by atoms with van der Waals surface area (Å²) in [6.45, 7) is -0.606. The summed E-state index contributed by atoms with van der Waals surface area (Å²) >= 11 is 0. The fraction of sp³-hybridized carbons (Fsp3) is 0.143. The van der Waals surface area contributed by atoms with Crippen LogP contribution in [-0.2, 0) is 66.3 Å². The van der Waals surface area contributed by atoms with Gasteiger partial charge in [-0.3, -0.25) is 0 Å². The molecule has 0 spiro atoms. The zero-order valence-electron chi connectivity index (χ0n) is 23.0. The number of sulfonamides is 4. The van der Waals surface area contributed by atoms with E-state index in [0.29, 0.717) is 22.3 Å². The lowest BCUT2D eigenvalue weighted by molar-refractivity contribution is 0.576. The molecule has 0 amide bonds. The number of nitrogens with one attached hydrogen (secondary N) is 4. The predicted octanol–water partition coefficient (Wildman–Crippen LogP) is 1.91. The molecule has 232 valence electrons. The first-order chi connectivity index (χ1) is 20.7. The largest absolute Gasteiger partial charge is 0.240 e. The summed E-state index contributed by atoms with van der Waals surface area (Å²) in [6.07, 6.45) is 0. The van der Waals surface area contributed by atoms with Gasteiger partial charge >= 0.3 is 0 Å². The van der Waals surface area contributed by atoms with E-state index in [-0.39, 0.29) is 45.8 Å². The molecule has 4 aromatic carbocycles. The van der Waals surface area contributed by atoms with E-state index >= 15 is 0 Å². The summed E-state index contributed by atoms with van der Waals surface area (Å²) in [5.74, 6) is 0. The van der Waals surface area contributed by atoms with Crippen LogP contribution in [0.2, 0.25) is 0 Å². The van der Waals surface area contributed by atoms with Crippen LogP contribution in [0.1, 0.15) is 22.3 Å². The van der Waals surface area contributed by atoms with Gasteiger partial charge in [-0.25, -0.2) is 52.6 Å². The molecule has 0 aliphatic carbocycles. The van der Waals surface area contributed by atoms with Crippen molar-refractivity contribution in [2.75, 3.05) is 0 Å². The van der Waals surface area contributed by atoms with Gasteiger partial charge in [-0.1, -0.05) is 60.7 Å². The molecule has 5 rings (SSSR count). The van der Waals surface area contributed by atoms with Gasteiger partial charge in [0.05, 0.1) is 19.6 Å². The van der Waals surface area contributed by atoms with Gasteiger partial charge < -0.3 is 0 Å².